The Bertz CT molecular complexity index is 1510. The van der Waals surface area contributed by atoms with Crippen LogP contribution in [0.4, 0.5) is 32.2 Å². The van der Waals surface area contributed by atoms with Gasteiger partial charge in [-0.15, -0.1) is 0 Å². The summed E-state index contributed by atoms with van der Waals surface area (Å²) in [6, 6.07) is -0.372. The summed E-state index contributed by atoms with van der Waals surface area (Å²) in [6.45, 7) is -0.162. The minimum Gasteiger partial charge on any atom is -0.389 e. The number of anilines is 1. The molecule has 1 amide bonds. The van der Waals surface area contributed by atoms with E-state index in [1.54, 1.807) is 0 Å². The van der Waals surface area contributed by atoms with E-state index >= 15 is 0 Å². The van der Waals surface area contributed by atoms with Crippen molar-refractivity contribution in [3.63, 3.8) is 0 Å². The van der Waals surface area contributed by atoms with Crippen LogP contribution >= 0.6 is 15.9 Å². The van der Waals surface area contributed by atoms with E-state index in [0.29, 0.717) is 22.9 Å². The van der Waals surface area contributed by atoms with Crippen LogP contribution in [-0.4, -0.2) is 63.2 Å². The molecule has 15 heteroatoms. The lowest BCUT2D eigenvalue weighted by Gasteiger charge is -2.22. The van der Waals surface area contributed by atoms with Crippen LogP contribution in [0.2, 0.25) is 0 Å². The highest BCUT2D eigenvalue weighted by molar-refractivity contribution is 9.10. The third-order valence-electron chi connectivity index (χ3n) is 6.67. The van der Waals surface area contributed by atoms with Gasteiger partial charge in [0.15, 0.2) is 17.3 Å². The van der Waals surface area contributed by atoms with Crippen LogP contribution in [0, 0.1) is 23.4 Å². The number of pyridine rings is 2. The van der Waals surface area contributed by atoms with Crippen molar-refractivity contribution in [2.75, 3.05) is 18.0 Å². The molecule has 1 aliphatic heterocycles. The Morgan fingerprint density at radius 3 is 2.21 bits per heavy atom. The Kier molecular flexibility index (Phi) is 6.87. The minimum atomic E-state index is -4.80. The van der Waals surface area contributed by atoms with Crippen molar-refractivity contribution >= 4 is 38.7 Å². The van der Waals surface area contributed by atoms with E-state index < -0.39 is 81.4 Å². The smallest absolute Gasteiger partial charge is 0.389 e. The maximum atomic E-state index is 14.9. The van der Waals surface area contributed by atoms with Crippen molar-refractivity contribution in [2.45, 2.75) is 37.3 Å². The molecular formula is C24H19BrF6N4O4. The van der Waals surface area contributed by atoms with Crippen LogP contribution in [0.15, 0.2) is 33.7 Å². The zero-order valence-corrected chi connectivity index (χ0v) is 21.2. The largest absolute Gasteiger partial charge is 0.408 e. The molecule has 2 fully saturated rings. The van der Waals surface area contributed by atoms with Gasteiger partial charge >= 0.3 is 6.18 Å². The summed E-state index contributed by atoms with van der Waals surface area (Å²) in [4.78, 5) is 32.0. The molecule has 208 valence electrons. The van der Waals surface area contributed by atoms with Gasteiger partial charge in [-0.1, -0.05) is 0 Å². The molecule has 1 aliphatic carbocycles. The zero-order chi connectivity index (χ0) is 28.4. The third kappa shape index (κ3) is 5.10. The molecular weight excluding hydrogens is 602 g/mol. The fourth-order valence-electron chi connectivity index (χ4n) is 4.59. The molecule has 5 rings (SSSR count). The first-order valence-electron chi connectivity index (χ1n) is 11.7. The molecule has 3 N–H and O–H groups in total. The second-order valence-electron chi connectivity index (χ2n) is 9.49. The normalized spacial score (nSPS) is 20.5. The minimum absolute atomic E-state index is 0.0530. The van der Waals surface area contributed by atoms with E-state index in [2.05, 4.69) is 20.9 Å². The average molecular weight is 621 g/mol. The van der Waals surface area contributed by atoms with E-state index in [1.165, 1.54) is 4.90 Å². The molecule has 0 radical (unpaired) electrons. The maximum absolute atomic E-state index is 14.9. The standard InChI is InChI=1S/C24H19BrF6N4O4/c25-13-5-11-19(38)12(23(39)32-20(9-1-2-9)24(29,30)31)6-35(18-14(27)3-10(26)4-15(18)28)21(11)33-22(13)34-7-16(36)17(37)8-34/h3-6,9,16-17,20,36-37H,1-2,7-8H2,(H,32,39)/t16-,17-,20?/m1/s1. The van der Waals surface area contributed by atoms with Gasteiger partial charge < -0.3 is 20.4 Å². The van der Waals surface area contributed by atoms with Crippen LogP contribution < -0.4 is 15.6 Å². The molecule has 3 atom stereocenters. The number of hydrogen-bond acceptors (Lipinski definition) is 6. The summed E-state index contributed by atoms with van der Waals surface area (Å²) in [5.41, 5.74) is -3.27. The Hall–Kier alpha value is -3.17. The first-order chi connectivity index (χ1) is 18.3. The first kappa shape index (κ1) is 27.4. The number of carbonyl (C=O) groups excluding carboxylic acids is 1. The fourth-order valence-corrected chi connectivity index (χ4v) is 5.16. The molecule has 0 spiro atoms. The summed E-state index contributed by atoms with van der Waals surface area (Å²) in [5, 5.41) is 21.3. The predicted octanol–water partition coefficient (Wildman–Crippen LogP) is 3.18. The number of amides is 1. The summed E-state index contributed by atoms with van der Waals surface area (Å²) in [7, 11) is 0. The highest BCUT2D eigenvalue weighted by Crippen LogP contribution is 2.40. The van der Waals surface area contributed by atoms with Gasteiger partial charge in [0.05, 0.1) is 22.1 Å². The quantitative estimate of drug-likeness (QED) is 0.378. The number of aliphatic hydroxyl groups is 2. The molecule has 2 aromatic heterocycles. The Balaban J connectivity index is 1.72. The Labute approximate surface area is 224 Å². The topological polar surface area (TPSA) is 108 Å². The van der Waals surface area contributed by atoms with Crippen LogP contribution in [0.1, 0.15) is 23.2 Å². The lowest BCUT2D eigenvalue weighted by atomic mass is 10.1. The molecule has 39 heavy (non-hydrogen) atoms. The number of β-amino-alcohol motifs (C(OH)–C–C–N with tert-alkyl or cyclic N) is 2. The number of benzene rings is 1. The monoisotopic (exact) mass is 620 g/mol. The van der Waals surface area contributed by atoms with Crippen molar-refractivity contribution in [1.29, 1.82) is 0 Å². The number of rotatable bonds is 5. The van der Waals surface area contributed by atoms with E-state index in [1.807, 2.05) is 5.32 Å². The van der Waals surface area contributed by atoms with Crippen molar-refractivity contribution in [3.05, 3.63) is 62.1 Å². The van der Waals surface area contributed by atoms with Gasteiger partial charge in [0.1, 0.15) is 28.9 Å². The molecule has 0 bridgehead atoms. The highest BCUT2D eigenvalue weighted by Gasteiger charge is 2.50. The van der Waals surface area contributed by atoms with Gasteiger partial charge in [0.2, 0.25) is 5.43 Å². The third-order valence-corrected chi connectivity index (χ3v) is 7.26. The number of carbonyl (C=O) groups is 1. The van der Waals surface area contributed by atoms with E-state index in [0.717, 1.165) is 6.07 Å². The highest BCUT2D eigenvalue weighted by atomic mass is 79.9. The van der Waals surface area contributed by atoms with Crippen LogP contribution in [-0.2, 0) is 0 Å². The van der Waals surface area contributed by atoms with Gasteiger partial charge in [0.25, 0.3) is 5.91 Å². The summed E-state index contributed by atoms with van der Waals surface area (Å²) in [5.74, 6) is -6.36. The lowest BCUT2D eigenvalue weighted by Crippen LogP contribution is -2.48. The van der Waals surface area contributed by atoms with Crippen LogP contribution in [0.3, 0.4) is 0 Å². The number of aromatic nitrogens is 2. The Morgan fingerprint density at radius 1 is 1.08 bits per heavy atom. The lowest BCUT2D eigenvalue weighted by molar-refractivity contribution is -0.158. The fraction of sp³-hybridized carbons (Fsp3) is 0.375. The summed E-state index contributed by atoms with van der Waals surface area (Å²) >= 11 is 3.21. The zero-order valence-electron chi connectivity index (χ0n) is 19.6. The van der Waals surface area contributed by atoms with Gasteiger partial charge in [-0.3, -0.25) is 14.2 Å². The van der Waals surface area contributed by atoms with Crippen molar-refractivity contribution in [1.82, 2.24) is 14.9 Å². The second kappa shape index (κ2) is 9.78. The number of halogens is 7. The summed E-state index contributed by atoms with van der Waals surface area (Å²) < 4.78 is 84.8. The second-order valence-corrected chi connectivity index (χ2v) is 10.3. The summed E-state index contributed by atoms with van der Waals surface area (Å²) in [6.07, 6.45) is -5.98. The van der Waals surface area contributed by atoms with Crippen molar-refractivity contribution in [2.24, 2.45) is 5.92 Å². The molecule has 3 aromatic rings. The molecule has 3 heterocycles. The Morgan fingerprint density at radius 2 is 1.67 bits per heavy atom. The SMILES string of the molecule is O=C(NC(C1CC1)C(F)(F)F)c1cn(-c2c(F)cc(F)cc2F)c2nc(N3C[C@@H](O)[C@H](O)C3)c(Br)cc2c1=O. The van der Waals surface area contributed by atoms with E-state index in [4.69, 9.17) is 0 Å². The van der Waals surface area contributed by atoms with Gasteiger partial charge in [-0.25, -0.2) is 18.2 Å². The van der Waals surface area contributed by atoms with E-state index in [9.17, 15) is 46.1 Å². The molecule has 1 unspecified atom stereocenters. The molecule has 1 saturated heterocycles. The van der Waals surface area contributed by atoms with Crippen LogP contribution in [0.5, 0.6) is 0 Å². The molecule has 2 aliphatic rings. The number of alkyl halides is 3. The van der Waals surface area contributed by atoms with Gasteiger partial charge in [0, 0.05) is 31.4 Å². The molecule has 1 aromatic carbocycles. The maximum Gasteiger partial charge on any atom is 0.408 e. The van der Waals surface area contributed by atoms with Crippen molar-refractivity contribution < 1.29 is 41.4 Å². The number of nitrogens with zero attached hydrogens (tertiary/aromatic N) is 3. The van der Waals surface area contributed by atoms with Gasteiger partial charge in [-0.2, -0.15) is 13.2 Å². The first-order valence-corrected chi connectivity index (χ1v) is 12.4. The molecule has 8 nitrogen and oxygen atoms in total. The van der Waals surface area contributed by atoms with Crippen molar-refractivity contribution in [3.8, 4) is 5.69 Å². The number of aliphatic hydroxyl groups excluding tert-OH is 2. The van der Waals surface area contributed by atoms with Crippen LogP contribution in [0.25, 0.3) is 16.7 Å². The number of fused-ring (bicyclic) bond motifs is 1. The molecule has 1 saturated carbocycles. The number of hydrogen-bond donors (Lipinski definition) is 3. The average Bonchev–Trinajstić information content (AvgIpc) is 3.61. The predicted molar refractivity (Wildman–Crippen MR) is 129 cm³/mol. The van der Waals surface area contributed by atoms with Gasteiger partial charge in [-0.05, 0) is 40.8 Å². The number of nitrogens with one attached hydrogen (secondary N) is 1. The van der Waals surface area contributed by atoms with E-state index in [-0.39, 0.29) is 36.2 Å².